The quantitative estimate of drug-likeness (QED) is 0.228. The third-order valence-electron chi connectivity index (χ3n) is 6.59. The molecular weight excluding hydrogens is 546 g/mol. The van der Waals surface area contributed by atoms with Gasteiger partial charge in [-0.2, -0.15) is 0 Å². The number of nitrogens with zero attached hydrogens (tertiary/aromatic N) is 3. The standard InChI is InChI=1S/C29H31N5O6S/c1-5-22(35)21-16-41-28(30-21)32-26(37)25(17(2)18-9-7-6-8-10-18)34-27(38)24(31-29(34)39)19-11-13-20(14-12-19)40-15-23(36)33(3)4/h6-14,16-17,25,38H,5,15H2,1-4H3,(H,31,39)(H,30,32,37)/t17-,25-/m0/s1. The van der Waals surface area contributed by atoms with Crippen LogP contribution in [0.15, 0.2) is 64.8 Å². The lowest BCUT2D eigenvalue weighted by atomic mass is 9.92. The summed E-state index contributed by atoms with van der Waals surface area (Å²) in [6.07, 6.45) is 0.279. The van der Waals surface area contributed by atoms with Gasteiger partial charge in [0.25, 0.3) is 5.91 Å². The first-order valence-electron chi connectivity index (χ1n) is 12.9. The number of aromatic hydroxyl groups is 1. The smallest absolute Gasteiger partial charge is 0.329 e. The topological polar surface area (TPSA) is 147 Å². The van der Waals surface area contributed by atoms with Crippen LogP contribution >= 0.6 is 11.3 Å². The van der Waals surface area contributed by atoms with Gasteiger partial charge in [-0.25, -0.2) is 14.3 Å². The minimum atomic E-state index is -1.16. The Kier molecular flexibility index (Phi) is 9.03. The van der Waals surface area contributed by atoms with E-state index in [4.69, 9.17) is 4.74 Å². The van der Waals surface area contributed by atoms with Crippen molar-refractivity contribution in [3.05, 3.63) is 81.7 Å². The highest BCUT2D eigenvalue weighted by molar-refractivity contribution is 7.14. The number of carbonyl (C=O) groups is 3. The number of ketones is 1. The second kappa shape index (κ2) is 12.6. The van der Waals surface area contributed by atoms with Crippen molar-refractivity contribution < 1.29 is 24.2 Å². The van der Waals surface area contributed by atoms with Gasteiger partial charge in [0, 0.05) is 37.4 Å². The maximum atomic E-state index is 13.7. The first kappa shape index (κ1) is 29.3. The molecule has 214 valence electrons. The molecule has 2 aromatic heterocycles. The number of ether oxygens (including phenoxy) is 1. The number of aromatic nitrogens is 3. The van der Waals surface area contributed by atoms with Crippen LogP contribution in [0.5, 0.6) is 11.6 Å². The predicted molar refractivity (Wildman–Crippen MR) is 156 cm³/mol. The number of hydrogen-bond donors (Lipinski definition) is 3. The van der Waals surface area contributed by atoms with Gasteiger partial charge < -0.3 is 25.0 Å². The van der Waals surface area contributed by atoms with E-state index in [1.807, 2.05) is 30.3 Å². The summed E-state index contributed by atoms with van der Waals surface area (Å²) in [5, 5.41) is 15.8. The first-order chi connectivity index (χ1) is 19.6. The molecule has 4 aromatic rings. The van der Waals surface area contributed by atoms with E-state index < -0.39 is 29.4 Å². The average molecular weight is 578 g/mol. The monoisotopic (exact) mass is 577 g/mol. The molecule has 0 aliphatic heterocycles. The van der Waals surface area contributed by atoms with Gasteiger partial charge in [-0.15, -0.1) is 11.3 Å². The Morgan fingerprint density at radius 1 is 1.12 bits per heavy atom. The zero-order valence-electron chi connectivity index (χ0n) is 23.1. The van der Waals surface area contributed by atoms with E-state index in [0.717, 1.165) is 21.5 Å². The van der Waals surface area contributed by atoms with Gasteiger partial charge in [-0.05, 0) is 29.8 Å². The third kappa shape index (κ3) is 6.55. The van der Waals surface area contributed by atoms with Crippen LogP contribution in [-0.2, 0) is 9.59 Å². The second-order valence-electron chi connectivity index (χ2n) is 9.55. The van der Waals surface area contributed by atoms with E-state index in [0.29, 0.717) is 11.3 Å². The molecule has 2 aromatic carbocycles. The van der Waals surface area contributed by atoms with Crippen LogP contribution in [0.4, 0.5) is 5.13 Å². The summed E-state index contributed by atoms with van der Waals surface area (Å²) in [5.41, 5.74) is 0.936. The summed E-state index contributed by atoms with van der Waals surface area (Å²) >= 11 is 1.10. The maximum absolute atomic E-state index is 13.7. The highest BCUT2D eigenvalue weighted by Crippen LogP contribution is 2.36. The molecule has 0 saturated heterocycles. The summed E-state index contributed by atoms with van der Waals surface area (Å²) in [5.74, 6) is -1.45. The van der Waals surface area contributed by atoms with Crippen LogP contribution in [0.3, 0.4) is 0 Å². The summed E-state index contributed by atoms with van der Waals surface area (Å²) in [7, 11) is 3.26. The van der Waals surface area contributed by atoms with Gasteiger partial charge in [-0.3, -0.25) is 14.4 Å². The van der Waals surface area contributed by atoms with Crippen molar-refractivity contribution in [1.82, 2.24) is 19.4 Å². The predicted octanol–water partition coefficient (Wildman–Crippen LogP) is 4.05. The molecule has 3 N–H and O–H groups in total. The zero-order valence-corrected chi connectivity index (χ0v) is 23.9. The van der Waals surface area contributed by atoms with Crippen molar-refractivity contribution in [3.8, 4) is 22.9 Å². The number of thiazole rings is 1. The van der Waals surface area contributed by atoms with Crippen molar-refractivity contribution in [2.24, 2.45) is 0 Å². The first-order valence-corrected chi connectivity index (χ1v) is 13.8. The van der Waals surface area contributed by atoms with E-state index in [-0.39, 0.29) is 41.2 Å². The number of rotatable bonds is 11. The van der Waals surface area contributed by atoms with E-state index in [2.05, 4.69) is 15.3 Å². The zero-order chi connectivity index (χ0) is 29.7. The molecule has 0 unspecified atom stereocenters. The van der Waals surface area contributed by atoms with E-state index in [1.165, 1.54) is 4.90 Å². The molecule has 0 saturated carbocycles. The lowest BCUT2D eigenvalue weighted by molar-refractivity contribution is -0.130. The van der Waals surface area contributed by atoms with Crippen molar-refractivity contribution in [1.29, 1.82) is 0 Å². The number of hydrogen-bond acceptors (Lipinski definition) is 8. The Morgan fingerprint density at radius 3 is 2.44 bits per heavy atom. The largest absolute Gasteiger partial charge is 0.493 e. The van der Waals surface area contributed by atoms with Crippen molar-refractivity contribution in [3.63, 3.8) is 0 Å². The molecule has 2 amide bonds. The minimum Gasteiger partial charge on any atom is -0.493 e. The molecule has 0 bridgehead atoms. The molecule has 2 atom stereocenters. The Bertz CT molecular complexity index is 1590. The van der Waals surface area contributed by atoms with Gasteiger partial charge in [-0.1, -0.05) is 44.2 Å². The van der Waals surface area contributed by atoms with Crippen molar-refractivity contribution in [2.45, 2.75) is 32.2 Å². The number of anilines is 1. The minimum absolute atomic E-state index is 0.119. The van der Waals surface area contributed by atoms with Crippen LogP contribution in [0.2, 0.25) is 0 Å². The normalized spacial score (nSPS) is 12.4. The summed E-state index contributed by atoms with van der Waals surface area (Å²) in [4.78, 5) is 59.1. The number of benzene rings is 2. The molecular formula is C29H31N5O6S. The fourth-order valence-corrected chi connectivity index (χ4v) is 4.94. The number of H-pyrrole nitrogens is 1. The number of amides is 2. The highest BCUT2D eigenvalue weighted by Gasteiger charge is 2.34. The Morgan fingerprint density at radius 2 is 1.80 bits per heavy atom. The summed E-state index contributed by atoms with van der Waals surface area (Å²) in [6.45, 7) is 3.38. The molecule has 12 heteroatoms. The average Bonchev–Trinajstić information content (AvgIpc) is 3.56. The molecule has 0 aliphatic rings. The Labute approximate surface area is 240 Å². The van der Waals surface area contributed by atoms with Gasteiger partial charge in [0.2, 0.25) is 11.8 Å². The fourth-order valence-electron chi connectivity index (χ4n) is 4.22. The van der Waals surface area contributed by atoms with E-state index in [1.54, 1.807) is 57.6 Å². The fraction of sp³-hybridized carbons (Fsp3) is 0.276. The van der Waals surface area contributed by atoms with E-state index in [9.17, 15) is 24.3 Å². The Balaban J connectivity index is 1.67. The molecule has 0 spiro atoms. The SMILES string of the molecule is CCC(=O)c1csc(NC(=O)[C@H]([C@@H](C)c2ccccc2)n2c(O)c(-c3ccc(OCC(=O)N(C)C)cc3)[nH]c2=O)n1. The molecule has 0 fully saturated rings. The molecule has 11 nitrogen and oxygen atoms in total. The molecule has 0 radical (unpaired) electrons. The van der Waals surface area contributed by atoms with Crippen LogP contribution in [0, 0.1) is 0 Å². The number of nitrogens with one attached hydrogen (secondary N) is 2. The van der Waals surface area contributed by atoms with Crippen molar-refractivity contribution in [2.75, 3.05) is 26.0 Å². The number of aromatic amines is 1. The summed E-state index contributed by atoms with van der Waals surface area (Å²) < 4.78 is 6.52. The molecule has 41 heavy (non-hydrogen) atoms. The number of Topliss-reactive ketones (excluding diaryl/α,β-unsaturated/α-hetero) is 1. The van der Waals surface area contributed by atoms with Gasteiger partial charge in [0.15, 0.2) is 17.5 Å². The highest BCUT2D eigenvalue weighted by atomic mass is 32.1. The molecule has 4 rings (SSSR count). The van der Waals surface area contributed by atoms with Gasteiger partial charge in [0.05, 0.1) is 0 Å². The van der Waals surface area contributed by atoms with E-state index >= 15 is 0 Å². The van der Waals surface area contributed by atoms with Crippen LogP contribution < -0.4 is 15.7 Å². The van der Waals surface area contributed by atoms with Crippen LogP contribution in [-0.4, -0.2) is 62.8 Å². The number of imidazole rings is 1. The van der Waals surface area contributed by atoms with Crippen LogP contribution in [0.1, 0.15) is 48.3 Å². The van der Waals surface area contributed by atoms with Gasteiger partial charge >= 0.3 is 5.69 Å². The lowest BCUT2D eigenvalue weighted by Gasteiger charge is -2.24. The molecule has 0 aliphatic carbocycles. The summed E-state index contributed by atoms with van der Waals surface area (Å²) in [6, 6.07) is 14.5. The lowest BCUT2D eigenvalue weighted by Crippen LogP contribution is -2.35. The maximum Gasteiger partial charge on any atom is 0.329 e. The number of carbonyl (C=O) groups excluding carboxylic acids is 3. The Hall–Kier alpha value is -4.71. The van der Waals surface area contributed by atoms with Crippen molar-refractivity contribution >= 4 is 34.1 Å². The van der Waals surface area contributed by atoms with Gasteiger partial charge in [0.1, 0.15) is 23.2 Å². The second-order valence-corrected chi connectivity index (χ2v) is 10.4. The molecule has 2 heterocycles. The number of likely N-dealkylation sites (N-methyl/N-ethyl adjacent to an activating group) is 1. The third-order valence-corrected chi connectivity index (χ3v) is 7.35. The van der Waals surface area contributed by atoms with Crippen LogP contribution in [0.25, 0.3) is 11.3 Å².